The lowest BCUT2D eigenvalue weighted by Crippen LogP contribution is -2.35. The van der Waals surface area contributed by atoms with Crippen molar-refractivity contribution in [3.8, 4) is 0 Å². The van der Waals surface area contributed by atoms with E-state index in [1.165, 1.54) is 0 Å². The van der Waals surface area contributed by atoms with Crippen LogP contribution in [-0.4, -0.2) is 29.1 Å². The second-order valence-electron chi connectivity index (χ2n) is 5.06. The average molecular weight is 349 g/mol. The molecule has 0 spiro atoms. The maximum absolute atomic E-state index is 11.0. The fraction of sp³-hybridized carbons (Fsp3) is 0.500. The van der Waals surface area contributed by atoms with E-state index >= 15 is 0 Å². The van der Waals surface area contributed by atoms with E-state index in [0.29, 0.717) is 10.9 Å². The highest BCUT2D eigenvalue weighted by Gasteiger charge is 2.21. The van der Waals surface area contributed by atoms with Gasteiger partial charge >= 0.3 is 5.97 Å². The summed E-state index contributed by atoms with van der Waals surface area (Å²) >= 11 is 9.61. The number of rotatable bonds is 6. The van der Waals surface area contributed by atoms with Gasteiger partial charge in [-0.25, -0.2) is 0 Å². The maximum atomic E-state index is 11.0. The van der Waals surface area contributed by atoms with E-state index in [9.17, 15) is 4.79 Å². The summed E-state index contributed by atoms with van der Waals surface area (Å²) in [4.78, 5) is 12.9. The monoisotopic (exact) mass is 347 g/mol. The molecule has 0 fully saturated rings. The zero-order valence-electron chi connectivity index (χ0n) is 11.4. The Bertz CT molecular complexity index is 451. The van der Waals surface area contributed by atoms with Crippen molar-refractivity contribution in [2.75, 3.05) is 13.1 Å². The van der Waals surface area contributed by atoms with Crippen molar-refractivity contribution in [3.63, 3.8) is 0 Å². The Labute approximate surface area is 127 Å². The minimum atomic E-state index is -0.819. The van der Waals surface area contributed by atoms with Crippen LogP contribution in [0.4, 0.5) is 0 Å². The van der Waals surface area contributed by atoms with Crippen LogP contribution in [0, 0.1) is 5.92 Å². The molecule has 0 aromatic heterocycles. The summed E-state index contributed by atoms with van der Waals surface area (Å²) in [5.41, 5.74) is 0.951. The molecule has 19 heavy (non-hydrogen) atoms. The third-order valence-corrected chi connectivity index (χ3v) is 3.72. The van der Waals surface area contributed by atoms with Gasteiger partial charge in [0.1, 0.15) is 0 Å². The Morgan fingerprint density at radius 2 is 2.05 bits per heavy atom. The molecule has 0 saturated heterocycles. The molecule has 0 amide bonds. The number of halogens is 2. The van der Waals surface area contributed by atoms with Gasteiger partial charge in [-0.1, -0.05) is 47.4 Å². The highest BCUT2D eigenvalue weighted by Crippen LogP contribution is 2.30. The van der Waals surface area contributed by atoms with E-state index in [1.54, 1.807) is 0 Å². The molecule has 5 heteroatoms. The fourth-order valence-electron chi connectivity index (χ4n) is 2.04. The molecule has 0 aliphatic rings. The average Bonchev–Trinajstić information content (AvgIpc) is 2.26. The summed E-state index contributed by atoms with van der Waals surface area (Å²) in [5.74, 6) is -0.420. The molecular weight excluding hydrogens is 330 g/mol. The minimum Gasteiger partial charge on any atom is -0.480 e. The standard InChI is InChI=1S/C14H19BrClNO2/c1-9(2)7-17(8-14(18)19)10(3)12-5-4-11(15)6-13(12)16/h4-6,9-10H,7-8H2,1-3H3,(H,18,19). The Kier molecular flexibility index (Phi) is 6.30. The van der Waals surface area contributed by atoms with Crippen LogP contribution >= 0.6 is 27.5 Å². The zero-order chi connectivity index (χ0) is 14.6. The maximum Gasteiger partial charge on any atom is 0.317 e. The van der Waals surface area contributed by atoms with Gasteiger partial charge in [-0.2, -0.15) is 0 Å². The van der Waals surface area contributed by atoms with Crippen LogP contribution in [0.25, 0.3) is 0 Å². The van der Waals surface area contributed by atoms with Crippen LogP contribution in [0.3, 0.4) is 0 Å². The van der Waals surface area contributed by atoms with Crippen LogP contribution in [0.1, 0.15) is 32.4 Å². The summed E-state index contributed by atoms with van der Waals surface area (Å²) in [6.07, 6.45) is 0. The number of hydrogen-bond acceptors (Lipinski definition) is 2. The van der Waals surface area contributed by atoms with Gasteiger partial charge in [0.05, 0.1) is 6.54 Å². The summed E-state index contributed by atoms with van der Waals surface area (Å²) < 4.78 is 0.919. The molecule has 1 aromatic rings. The van der Waals surface area contributed by atoms with Gasteiger partial charge in [0.2, 0.25) is 0 Å². The summed E-state index contributed by atoms with van der Waals surface area (Å²) in [7, 11) is 0. The second-order valence-corrected chi connectivity index (χ2v) is 6.38. The Morgan fingerprint density at radius 3 is 2.53 bits per heavy atom. The SMILES string of the molecule is CC(C)CN(CC(=O)O)C(C)c1ccc(Br)cc1Cl. The third-order valence-electron chi connectivity index (χ3n) is 2.90. The number of carboxylic acids is 1. The predicted molar refractivity (Wildman–Crippen MR) is 81.6 cm³/mol. The molecule has 0 bridgehead atoms. The van der Waals surface area contributed by atoms with Crippen molar-refractivity contribution in [2.24, 2.45) is 5.92 Å². The molecule has 3 nitrogen and oxygen atoms in total. The first-order chi connectivity index (χ1) is 8.81. The van der Waals surface area contributed by atoms with E-state index in [1.807, 2.05) is 30.0 Å². The van der Waals surface area contributed by atoms with Gasteiger partial charge in [-0.05, 0) is 30.5 Å². The van der Waals surface area contributed by atoms with Crippen LogP contribution < -0.4 is 0 Å². The second kappa shape index (κ2) is 7.27. The van der Waals surface area contributed by atoms with Crippen molar-refractivity contribution in [1.29, 1.82) is 0 Å². The van der Waals surface area contributed by atoms with E-state index in [2.05, 4.69) is 29.8 Å². The molecule has 0 heterocycles. The Balaban J connectivity index is 2.96. The van der Waals surface area contributed by atoms with Gasteiger partial charge in [0, 0.05) is 22.1 Å². The van der Waals surface area contributed by atoms with E-state index < -0.39 is 5.97 Å². The predicted octanol–water partition coefficient (Wildman–Crippen LogP) is 4.21. The summed E-state index contributed by atoms with van der Waals surface area (Å²) in [6.45, 7) is 6.88. The molecule has 1 aromatic carbocycles. The van der Waals surface area contributed by atoms with Gasteiger partial charge in [-0.15, -0.1) is 0 Å². The van der Waals surface area contributed by atoms with E-state index in [-0.39, 0.29) is 12.6 Å². The summed E-state index contributed by atoms with van der Waals surface area (Å²) in [5, 5.41) is 9.68. The fourth-order valence-corrected chi connectivity index (χ4v) is 2.87. The zero-order valence-corrected chi connectivity index (χ0v) is 13.7. The molecule has 0 radical (unpaired) electrons. The van der Waals surface area contributed by atoms with E-state index in [0.717, 1.165) is 16.6 Å². The third kappa shape index (κ3) is 5.13. The van der Waals surface area contributed by atoms with Crippen LogP contribution in [-0.2, 0) is 4.79 Å². The van der Waals surface area contributed by atoms with Gasteiger partial charge in [-0.3, -0.25) is 9.69 Å². The van der Waals surface area contributed by atoms with Gasteiger partial charge in [0.25, 0.3) is 0 Å². The van der Waals surface area contributed by atoms with Crippen LogP contribution in [0.5, 0.6) is 0 Å². The van der Waals surface area contributed by atoms with Crippen molar-refractivity contribution < 1.29 is 9.90 Å². The number of carboxylic acid groups (broad SMARTS) is 1. The van der Waals surface area contributed by atoms with Crippen molar-refractivity contribution >= 4 is 33.5 Å². The molecule has 0 saturated carbocycles. The van der Waals surface area contributed by atoms with Gasteiger partial charge < -0.3 is 5.11 Å². The molecule has 106 valence electrons. The number of hydrogen-bond donors (Lipinski definition) is 1. The van der Waals surface area contributed by atoms with Crippen molar-refractivity contribution in [2.45, 2.75) is 26.8 Å². The largest absolute Gasteiger partial charge is 0.480 e. The normalized spacial score (nSPS) is 13.0. The highest BCUT2D eigenvalue weighted by molar-refractivity contribution is 9.10. The van der Waals surface area contributed by atoms with E-state index in [4.69, 9.17) is 16.7 Å². The number of aliphatic carboxylic acids is 1. The number of benzene rings is 1. The smallest absolute Gasteiger partial charge is 0.317 e. The first kappa shape index (κ1) is 16.5. The highest BCUT2D eigenvalue weighted by atomic mass is 79.9. The lowest BCUT2D eigenvalue weighted by atomic mass is 10.1. The first-order valence-electron chi connectivity index (χ1n) is 6.22. The number of nitrogens with zero attached hydrogens (tertiary/aromatic N) is 1. The quantitative estimate of drug-likeness (QED) is 0.837. The lowest BCUT2D eigenvalue weighted by molar-refractivity contribution is -0.139. The Hall–Kier alpha value is -0.580. The molecule has 0 aliphatic carbocycles. The topological polar surface area (TPSA) is 40.5 Å². The molecular formula is C14H19BrClNO2. The number of carbonyl (C=O) groups is 1. The van der Waals surface area contributed by atoms with Crippen molar-refractivity contribution in [3.05, 3.63) is 33.3 Å². The minimum absolute atomic E-state index is 0.0196. The molecule has 1 N–H and O–H groups in total. The lowest BCUT2D eigenvalue weighted by Gasteiger charge is -2.30. The molecule has 1 atom stereocenters. The van der Waals surface area contributed by atoms with Crippen LogP contribution in [0.2, 0.25) is 5.02 Å². The molecule has 1 unspecified atom stereocenters. The molecule has 0 aliphatic heterocycles. The first-order valence-corrected chi connectivity index (χ1v) is 7.39. The van der Waals surface area contributed by atoms with Crippen molar-refractivity contribution in [1.82, 2.24) is 4.90 Å². The van der Waals surface area contributed by atoms with Crippen LogP contribution in [0.15, 0.2) is 22.7 Å². The van der Waals surface area contributed by atoms with Gasteiger partial charge in [0.15, 0.2) is 0 Å². The summed E-state index contributed by atoms with van der Waals surface area (Å²) in [6, 6.07) is 5.67. The Morgan fingerprint density at radius 1 is 1.42 bits per heavy atom. The molecule has 1 rings (SSSR count).